The first-order chi connectivity index (χ1) is 26.6. The molecule has 0 radical (unpaired) electrons. The Hall–Kier alpha value is -4.53. The molecular weight excluding hydrogens is 733 g/mol. The van der Waals surface area contributed by atoms with Crippen molar-refractivity contribution in [1.82, 2.24) is 15.0 Å². The third kappa shape index (κ3) is 11.2. The second kappa shape index (κ2) is 16.2. The first-order valence-electron chi connectivity index (χ1n) is 21.1. The van der Waals surface area contributed by atoms with Crippen LogP contribution in [0.25, 0.3) is 0 Å². The summed E-state index contributed by atoms with van der Waals surface area (Å²) in [5.41, 5.74) is 6.95. The Balaban J connectivity index is 1.85. The van der Waals surface area contributed by atoms with E-state index in [4.69, 9.17) is 15.0 Å². The van der Waals surface area contributed by atoms with E-state index in [0.29, 0.717) is 54.7 Å². The zero-order valence-corrected chi connectivity index (χ0v) is 40.2. The van der Waals surface area contributed by atoms with Crippen LogP contribution in [0.5, 0.6) is 17.2 Å². The average Bonchev–Trinajstić information content (AvgIpc) is 3.05. The van der Waals surface area contributed by atoms with Crippen LogP contribution in [-0.2, 0) is 52.1 Å². The molecule has 0 unspecified atom stereocenters. The minimum Gasteiger partial charge on any atom is -0.507 e. The van der Waals surface area contributed by atoms with Crippen LogP contribution < -0.4 is 15.1 Å². The van der Waals surface area contributed by atoms with Gasteiger partial charge in [-0.25, -0.2) is 0 Å². The maximum atomic E-state index is 11.4. The van der Waals surface area contributed by atoms with Gasteiger partial charge in [-0.1, -0.05) is 125 Å². The molecule has 59 heavy (non-hydrogen) atoms. The van der Waals surface area contributed by atoms with E-state index < -0.39 is 0 Å². The molecule has 0 atom stereocenters. The molecule has 0 aliphatic heterocycles. The summed E-state index contributed by atoms with van der Waals surface area (Å²) in [5.74, 6) is 2.48. The summed E-state index contributed by atoms with van der Waals surface area (Å²) in [5, 5.41) is 37.8. The lowest BCUT2D eigenvalue weighted by molar-refractivity contribution is 0.421. The number of aromatic nitrogens is 3. The molecule has 4 aromatic rings. The zero-order valence-electron chi connectivity index (χ0n) is 40.2. The Morgan fingerprint density at radius 3 is 0.881 bits per heavy atom. The SMILES string of the molecule is CN(Cc1cc(C(C)(C)C)c(O)c(C(C)(C)C)c1)c1nc(NCc2cc(C(C)(C)C)c(O)c(C(C)(C)C)c2)nc(N(C)Cc2cc(C(C)(C)C)c(O)c(C(C)(C)C)c2)n1. The third-order valence-corrected chi connectivity index (χ3v) is 10.9. The number of hydrogen-bond acceptors (Lipinski definition) is 9. The maximum Gasteiger partial charge on any atom is 0.232 e. The summed E-state index contributed by atoms with van der Waals surface area (Å²) in [4.78, 5) is 19.1. The molecule has 3 aromatic carbocycles. The molecule has 0 aliphatic carbocycles. The molecule has 0 saturated carbocycles. The number of phenolic OH excluding ortho intramolecular Hbond substituents is 3. The number of anilines is 3. The van der Waals surface area contributed by atoms with Crippen LogP contribution >= 0.6 is 0 Å². The lowest BCUT2D eigenvalue weighted by atomic mass is 9.78. The van der Waals surface area contributed by atoms with E-state index in [1.54, 1.807) is 0 Å². The Morgan fingerprint density at radius 1 is 0.407 bits per heavy atom. The number of nitrogens with one attached hydrogen (secondary N) is 1. The van der Waals surface area contributed by atoms with Crippen molar-refractivity contribution < 1.29 is 15.3 Å². The minimum atomic E-state index is -0.263. The molecule has 0 aliphatic rings. The second-order valence-corrected chi connectivity index (χ2v) is 22.9. The predicted molar refractivity (Wildman–Crippen MR) is 248 cm³/mol. The largest absolute Gasteiger partial charge is 0.507 e. The van der Waals surface area contributed by atoms with Crippen LogP contribution in [0, 0.1) is 0 Å². The van der Waals surface area contributed by atoms with E-state index in [9.17, 15) is 15.3 Å². The van der Waals surface area contributed by atoms with Gasteiger partial charge >= 0.3 is 0 Å². The molecule has 0 fully saturated rings. The summed E-state index contributed by atoms with van der Waals surface area (Å²) < 4.78 is 0. The summed E-state index contributed by atoms with van der Waals surface area (Å²) in [6, 6.07) is 12.6. The lowest BCUT2D eigenvalue weighted by Gasteiger charge is -2.29. The quantitative estimate of drug-likeness (QED) is 0.131. The van der Waals surface area contributed by atoms with E-state index in [1.165, 1.54) is 0 Å². The molecule has 9 nitrogen and oxygen atoms in total. The van der Waals surface area contributed by atoms with Gasteiger partial charge in [-0.15, -0.1) is 0 Å². The topological polar surface area (TPSA) is 118 Å². The molecule has 0 bridgehead atoms. The first kappa shape index (κ1) is 47.2. The van der Waals surface area contributed by atoms with Gasteiger partial charge in [-0.2, -0.15) is 15.0 Å². The molecule has 324 valence electrons. The second-order valence-electron chi connectivity index (χ2n) is 22.9. The van der Waals surface area contributed by atoms with E-state index >= 15 is 0 Å². The van der Waals surface area contributed by atoms with Crippen molar-refractivity contribution in [2.24, 2.45) is 0 Å². The number of phenols is 3. The Labute approximate surface area is 356 Å². The summed E-state index contributed by atoms with van der Waals surface area (Å²) in [6.07, 6.45) is 0. The van der Waals surface area contributed by atoms with Gasteiger partial charge < -0.3 is 30.4 Å². The smallest absolute Gasteiger partial charge is 0.232 e. The maximum absolute atomic E-state index is 11.4. The van der Waals surface area contributed by atoms with Crippen LogP contribution in [0.15, 0.2) is 36.4 Å². The number of hydrogen-bond donors (Lipinski definition) is 4. The Bertz CT molecular complexity index is 1940. The van der Waals surface area contributed by atoms with Gasteiger partial charge in [-0.05, 0) is 119 Å². The van der Waals surface area contributed by atoms with Crippen molar-refractivity contribution >= 4 is 17.8 Å². The van der Waals surface area contributed by atoms with Crippen molar-refractivity contribution in [3.05, 3.63) is 86.5 Å². The normalized spacial score (nSPS) is 13.2. The summed E-state index contributed by atoms with van der Waals surface area (Å²) in [7, 11) is 3.97. The van der Waals surface area contributed by atoms with Crippen molar-refractivity contribution in [2.45, 2.75) is 177 Å². The highest BCUT2D eigenvalue weighted by atomic mass is 16.3. The van der Waals surface area contributed by atoms with Crippen molar-refractivity contribution in [1.29, 1.82) is 0 Å². The van der Waals surface area contributed by atoms with Gasteiger partial charge in [0.05, 0.1) is 0 Å². The van der Waals surface area contributed by atoms with E-state index in [-0.39, 0.29) is 32.5 Å². The van der Waals surface area contributed by atoms with E-state index in [1.807, 2.05) is 23.9 Å². The highest BCUT2D eigenvalue weighted by molar-refractivity contribution is 5.54. The number of aromatic hydroxyl groups is 3. The third-order valence-electron chi connectivity index (χ3n) is 10.9. The van der Waals surface area contributed by atoms with Gasteiger partial charge in [-0.3, -0.25) is 0 Å². The predicted octanol–water partition coefficient (Wildman–Crippen LogP) is 11.7. The highest BCUT2D eigenvalue weighted by Crippen LogP contribution is 2.43. The van der Waals surface area contributed by atoms with Crippen LogP contribution in [0.4, 0.5) is 17.8 Å². The molecule has 0 spiro atoms. The lowest BCUT2D eigenvalue weighted by Crippen LogP contribution is -2.26. The van der Waals surface area contributed by atoms with Crippen LogP contribution in [0.2, 0.25) is 0 Å². The molecule has 0 amide bonds. The van der Waals surface area contributed by atoms with Gasteiger partial charge in [0, 0.05) is 33.7 Å². The zero-order chi connectivity index (χ0) is 45.0. The fourth-order valence-electron chi connectivity index (χ4n) is 7.44. The number of nitrogens with zero attached hydrogens (tertiary/aromatic N) is 5. The van der Waals surface area contributed by atoms with Crippen LogP contribution in [0.1, 0.15) is 175 Å². The van der Waals surface area contributed by atoms with Gasteiger partial charge in [0.25, 0.3) is 0 Å². The van der Waals surface area contributed by atoms with Crippen molar-refractivity contribution in [2.75, 3.05) is 29.2 Å². The number of benzene rings is 3. The molecule has 1 heterocycles. The van der Waals surface area contributed by atoms with Crippen molar-refractivity contribution in [3.63, 3.8) is 0 Å². The average molecular weight is 809 g/mol. The van der Waals surface area contributed by atoms with Crippen molar-refractivity contribution in [3.8, 4) is 17.2 Å². The fourth-order valence-corrected chi connectivity index (χ4v) is 7.44. The molecule has 4 rings (SSSR count). The van der Waals surface area contributed by atoms with E-state index in [2.05, 4.69) is 166 Å². The van der Waals surface area contributed by atoms with Gasteiger partial charge in [0.1, 0.15) is 17.2 Å². The monoisotopic (exact) mass is 809 g/mol. The Kier molecular flexibility index (Phi) is 12.9. The molecule has 0 saturated heterocycles. The van der Waals surface area contributed by atoms with E-state index in [0.717, 1.165) is 50.1 Å². The standard InChI is InChI=1S/C50H76N6O3/c1-45(2,3)33-21-30(22-34(39(33)57)46(4,5)6)27-51-42-52-43(55(19)28-31-23-35(47(7,8)9)40(58)36(24-31)48(10,11)12)54-44(53-42)56(20)29-32-25-37(49(13,14)15)41(59)38(26-32)50(16,17)18/h21-26,57-59H,27-29H2,1-20H3,(H,51,52,53,54). The van der Waals surface area contributed by atoms with Gasteiger partial charge in [0.2, 0.25) is 17.8 Å². The molecule has 9 heteroatoms. The fraction of sp³-hybridized carbons (Fsp3) is 0.580. The Morgan fingerprint density at radius 2 is 0.644 bits per heavy atom. The first-order valence-corrected chi connectivity index (χ1v) is 21.1. The van der Waals surface area contributed by atoms with Crippen LogP contribution in [-0.4, -0.2) is 44.4 Å². The molecule has 1 aromatic heterocycles. The van der Waals surface area contributed by atoms with Crippen LogP contribution in [0.3, 0.4) is 0 Å². The molecule has 4 N–H and O–H groups in total. The minimum absolute atomic E-state index is 0.263. The van der Waals surface area contributed by atoms with Gasteiger partial charge in [0.15, 0.2) is 0 Å². The summed E-state index contributed by atoms with van der Waals surface area (Å²) >= 11 is 0. The molecular formula is C50H76N6O3. The number of rotatable bonds is 9. The highest BCUT2D eigenvalue weighted by Gasteiger charge is 2.30. The summed E-state index contributed by atoms with van der Waals surface area (Å²) in [6.45, 7) is 39.7.